The molecule has 2 aromatic rings. The first-order valence-electron chi connectivity index (χ1n) is 6.89. The molecule has 2 nitrogen and oxygen atoms in total. The minimum Gasteiger partial charge on any atom is -0.611 e. The van der Waals surface area contributed by atoms with E-state index in [-0.39, 0.29) is 5.82 Å². The highest BCUT2D eigenvalue weighted by Gasteiger charge is 2.09. The Hall–Kier alpha value is -1.08. The predicted molar refractivity (Wildman–Crippen MR) is 98.7 cm³/mol. The van der Waals surface area contributed by atoms with Gasteiger partial charge in [0.2, 0.25) is 0 Å². The highest BCUT2D eigenvalue weighted by Crippen LogP contribution is 2.27. The summed E-state index contributed by atoms with van der Waals surface area (Å²) >= 11 is -1.07. The van der Waals surface area contributed by atoms with Crippen molar-refractivity contribution in [3.63, 3.8) is 0 Å². The number of rotatable bonds is 8. The first kappa shape index (κ1) is 18.3. The number of ether oxygens (including phenoxy) is 1. The first-order chi connectivity index (χ1) is 11.2. The second kappa shape index (κ2) is 9.93. The second-order valence-corrected chi connectivity index (χ2v) is 8.32. The quantitative estimate of drug-likeness (QED) is 0.371. The van der Waals surface area contributed by atoms with Crippen molar-refractivity contribution in [3.05, 3.63) is 71.4 Å². The average Bonchev–Trinajstić information content (AvgIpc) is 2.59. The van der Waals surface area contributed by atoms with E-state index in [4.69, 9.17) is 4.74 Å². The zero-order chi connectivity index (χ0) is 16.5. The number of hydrogen-bond acceptors (Lipinski definition) is 4. The van der Waals surface area contributed by atoms with Crippen LogP contribution < -0.4 is 4.74 Å². The van der Waals surface area contributed by atoms with Gasteiger partial charge in [0.25, 0.3) is 0 Å². The molecule has 0 aliphatic carbocycles. The summed E-state index contributed by atoms with van der Waals surface area (Å²) in [7, 11) is 4.83. The molecule has 2 rings (SSSR count). The Morgan fingerprint density at radius 3 is 2.74 bits per heavy atom. The molecule has 6 heteroatoms. The number of methoxy groups -OCH3 is 1. The monoisotopic (exact) mass is 368 g/mol. The summed E-state index contributed by atoms with van der Waals surface area (Å²) in [4.78, 5) is 0.762. The standard InChI is InChI=1S/C17H17FO2S3/c1-20-16-4-2-5-17(12-16)23(19)11-3-10-21-22-13-14-6-8-15(18)9-7-14/h2-10,12H,11,13H2,1H3. The van der Waals surface area contributed by atoms with Crippen LogP contribution in [0.25, 0.3) is 0 Å². The Morgan fingerprint density at radius 1 is 1.22 bits per heavy atom. The Bertz CT molecular complexity index is 632. The third-order valence-electron chi connectivity index (χ3n) is 2.91. The van der Waals surface area contributed by atoms with Crippen LogP contribution in [0.1, 0.15) is 5.56 Å². The highest BCUT2D eigenvalue weighted by molar-refractivity contribution is 8.77. The van der Waals surface area contributed by atoms with Crippen molar-refractivity contribution in [3.8, 4) is 5.75 Å². The molecule has 1 unspecified atom stereocenters. The van der Waals surface area contributed by atoms with Gasteiger partial charge < -0.3 is 9.29 Å². The van der Waals surface area contributed by atoms with E-state index < -0.39 is 11.2 Å². The molecule has 0 heterocycles. The fourth-order valence-corrected chi connectivity index (χ4v) is 4.52. The SMILES string of the molecule is COc1cccc([S+]([O-])CC=CSSCc2ccc(F)cc2)c1. The van der Waals surface area contributed by atoms with E-state index in [1.807, 2.05) is 29.7 Å². The number of benzene rings is 2. The molecule has 2 aromatic carbocycles. The maximum Gasteiger partial charge on any atom is 0.156 e. The van der Waals surface area contributed by atoms with Gasteiger partial charge in [-0.2, -0.15) is 0 Å². The summed E-state index contributed by atoms with van der Waals surface area (Å²) in [6.45, 7) is 0. The van der Waals surface area contributed by atoms with Crippen LogP contribution in [0.5, 0.6) is 5.75 Å². The van der Waals surface area contributed by atoms with E-state index in [2.05, 4.69) is 0 Å². The van der Waals surface area contributed by atoms with E-state index in [1.165, 1.54) is 12.1 Å². The van der Waals surface area contributed by atoms with Crippen LogP contribution in [0.3, 0.4) is 0 Å². The lowest BCUT2D eigenvalue weighted by Crippen LogP contribution is -2.04. The summed E-state index contributed by atoms with van der Waals surface area (Å²) in [5, 5.41) is 1.94. The van der Waals surface area contributed by atoms with Gasteiger partial charge in [-0.3, -0.25) is 0 Å². The van der Waals surface area contributed by atoms with Crippen LogP contribution >= 0.6 is 21.6 Å². The topological polar surface area (TPSA) is 32.3 Å². The maximum absolute atomic E-state index is 12.8. The van der Waals surface area contributed by atoms with Crippen LogP contribution in [-0.2, 0) is 16.9 Å². The van der Waals surface area contributed by atoms with Crippen LogP contribution in [0, 0.1) is 5.82 Å². The van der Waals surface area contributed by atoms with Crippen molar-refractivity contribution in [2.75, 3.05) is 12.9 Å². The van der Waals surface area contributed by atoms with Crippen molar-refractivity contribution in [1.29, 1.82) is 0 Å². The number of halogens is 1. The second-order valence-electron chi connectivity index (χ2n) is 4.55. The molecule has 0 saturated heterocycles. The minimum atomic E-state index is -1.07. The molecule has 0 N–H and O–H groups in total. The molecule has 23 heavy (non-hydrogen) atoms. The molecule has 0 amide bonds. The number of hydrogen-bond donors (Lipinski definition) is 0. The molecular formula is C17H17FO2S3. The molecule has 0 aliphatic heterocycles. The van der Waals surface area contributed by atoms with Crippen LogP contribution in [0.15, 0.2) is 64.9 Å². The summed E-state index contributed by atoms with van der Waals surface area (Å²) in [5.74, 6) is 1.77. The molecule has 0 bridgehead atoms. The fraction of sp³-hybridized carbons (Fsp3) is 0.176. The predicted octanol–water partition coefficient (Wildman–Crippen LogP) is 5.04. The van der Waals surface area contributed by atoms with Crippen molar-refractivity contribution in [1.82, 2.24) is 0 Å². The maximum atomic E-state index is 12.8. The molecule has 0 aromatic heterocycles. The van der Waals surface area contributed by atoms with Crippen molar-refractivity contribution in [2.24, 2.45) is 0 Å². The van der Waals surface area contributed by atoms with E-state index in [1.54, 1.807) is 46.9 Å². The molecule has 0 radical (unpaired) electrons. The molecule has 0 spiro atoms. The fourth-order valence-electron chi connectivity index (χ4n) is 1.73. The molecule has 0 fully saturated rings. The highest BCUT2D eigenvalue weighted by atomic mass is 33.1. The van der Waals surface area contributed by atoms with Gasteiger partial charge in [-0.1, -0.05) is 39.8 Å². The lowest BCUT2D eigenvalue weighted by Gasteiger charge is -2.09. The summed E-state index contributed by atoms with van der Waals surface area (Å²) < 4.78 is 30.1. The zero-order valence-corrected chi connectivity index (χ0v) is 15.1. The van der Waals surface area contributed by atoms with Crippen LogP contribution in [0.4, 0.5) is 4.39 Å². The Morgan fingerprint density at radius 2 is 2.00 bits per heavy atom. The largest absolute Gasteiger partial charge is 0.611 e. The van der Waals surface area contributed by atoms with Gasteiger partial charge in [0.15, 0.2) is 4.90 Å². The van der Waals surface area contributed by atoms with Crippen LogP contribution in [0.2, 0.25) is 0 Å². The smallest absolute Gasteiger partial charge is 0.156 e. The van der Waals surface area contributed by atoms with Crippen molar-refractivity contribution >= 4 is 32.8 Å². The molecule has 122 valence electrons. The van der Waals surface area contributed by atoms with Gasteiger partial charge in [-0.25, -0.2) is 4.39 Å². The Balaban J connectivity index is 1.70. The van der Waals surface area contributed by atoms with Gasteiger partial charge in [0.05, 0.1) is 7.11 Å². The van der Waals surface area contributed by atoms with Gasteiger partial charge in [-0.05, 0) is 52.5 Å². The van der Waals surface area contributed by atoms with Gasteiger partial charge >= 0.3 is 0 Å². The minimum absolute atomic E-state index is 0.216. The van der Waals surface area contributed by atoms with Crippen molar-refractivity contribution < 1.29 is 13.7 Å². The van der Waals surface area contributed by atoms with Crippen molar-refractivity contribution in [2.45, 2.75) is 10.6 Å². The molecule has 0 aliphatic rings. The molecule has 0 saturated carbocycles. The van der Waals surface area contributed by atoms with E-state index >= 15 is 0 Å². The van der Waals surface area contributed by atoms with E-state index in [9.17, 15) is 8.94 Å². The third kappa shape index (κ3) is 6.51. The summed E-state index contributed by atoms with van der Waals surface area (Å²) in [6, 6.07) is 13.8. The zero-order valence-electron chi connectivity index (χ0n) is 12.6. The van der Waals surface area contributed by atoms with Crippen LogP contribution in [-0.4, -0.2) is 17.4 Å². The summed E-state index contributed by atoms with van der Waals surface area (Å²) in [6.07, 6.45) is 1.90. The van der Waals surface area contributed by atoms with E-state index in [0.29, 0.717) is 11.5 Å². The molecular weight excluding hydrogens is 351 g/mol. The van der Waals surface area contributed by atoms with Gasteiger partial charge in [0, 0.05) is 11.8 Å². The third-order valence-corrected chi connectivity index (χ3v) is 6.17. The Kier molecular flexibility index (Phi) is 7.88. The summed E-state index contributed by atoms with van der Waals surface area (Å²) in [5.41, 5.74) is 1.08. The van der Waals surface area contributed by atoms with Gasteiger partial charge in [-0.15, -0.1) is 0 Å². The lowest BCUT2D eigenvalue weighted by molar-refractivity contribution is 0.413. The first-order valence-corrected chi connectivity index (χ1v) is 10.6. The molecule has 1 atom stereocenters. The average molecular weight is 369 g/mol. The Labute approximate surface area is 147 Å². The van der Waals surface area contributed by atoms with E-state index in [0.717, 1.165) is 16.2 Å². The normalized spacial score (nSPS) is 12.5. The lowest BCUT2D eigenvalue weighted by atomic mass is 10.2. The van der Waals surface area contributed by atoms with Gasteiger partial charge in [0.1, 0.15) is 17.3 Å².